The molecule has 0 unspecified atom stereocenters. The van der Waals surface area contributed by atoms with E-state index in [1.807, 2.05) is 0 Å². The highest BCUT2D eigenvalue weighted by Gasteiger charge is 2.33. The summed E-state index contributed by atoms with van der Waals surface area (Å²) < 4.78 is 5.35. The molecule has 2 aliphatic rings. The zero-order valence-electron chi connectivity index (χ0n) is 15.8. The lowest BCUT2D eigenvalue weighted by atomic mass is 10.0. The molecule has 0 aromatic heterocycles. The van der Waals surface area contributed by atoms with Gasteiger partial charge in [-0.2, -0.15) is 0 Å². The number of ether oxygens (including phenoxy) is 1. The van der Waals surface area contributed by atoms with Gasteiger partial charge in [-0.25, -0.2) is 4.79 Å². The van der Waals surface area contributed by atoms with Crippen LogP contribution in [0.25, 0.3) is 0 Å². The molecule has 1 heterocycles. The van der Waals surface area contributed by atoms with E-state index in [4.69, 9.17) is 28.6 Å². The molecule has 0 saturated carbocycles. The Labute approximate surface area is 192 Å². The monoisotopic (exact) mass is 511 g/mol. The Morgan fingerprint density at radius 3 is 2.73 bits per heavy atom. The van der Waals surface area contributed by atoms with E-state index in [2.05, 4.69) is 26.6 Å². The molecule has 3 amide bonds. The van der Waals surface area contributed by atoms with Gasteiger partial charge < -0.3 is 15.4 Å². The van der Waals surface area contributed by atoms with Gasteiger partial charge in [-0.05, 0) is 30.3 Å². The van der Waals surface area contributed by atoms with Gasteiger partial charge >= 0.3 is 6.09 Å². The number of thiocarbonyl (C=S) groups is 1. The number of hydrogen-bond acceptors (Lipinski definition) is 5. The zero-order chi connectivity index (χ0) is 21.7. The van der Waals surface area contributed by atoms with Crippen LogP contribution in [0.2, 0.25) is 0 Å². The second kappa shape index (κ2) is 10.2. The summed E-state index contributed by atoms with van der Waals surface area (Å²) in [4.78, 5) is 38.2. The van der Waals surface area contributed by atoms with E-state index in [9.17, 15) is 14.4 Å². The van der Waals surface area contributed by atoms with Gasteiger partial charge in [-0.3, -0.25) is 14.5 Å². The van der Waals surface area contributed by atoms with E-state index in [0.29, 0.717) is 51.6 Å². The number of benzene rings is 1. The highest BCUT2D eigenvalue weighted by atomic mass is 79.9. The fourth-order valence-corrected chi connectivity index (χ4v) is 3.73. The van der Waals surface area contributed by atoms with Crippen molar-refractivity contribution in [3.8, 4) is 0 Å². The standard InChI is InChI=1S/C20H19BrClN3O4S/c21-8-7-18(26)24-13-2-4-14(5-3-13)25-11-15(29-20(25)28)10-23-19(27)16-9-12(22)1-6-17(16)30/h1-5,9,15H,6-8,10-11H2,(H,23,27)(H,24,26)/t15-/m0/s1. The number of allylic oxidation sites excluding steroid dienone is 3. The number of carbonyl (C=O) groups excluding carboxylic acids is 3. The smallest absolute Gasteiger partial charge is 0.414 e. The number of nitrogens with one attached hydrogen (secondary N) is 2. The maximum atomic E-state index is 12.4. The molecule has 1 saturated heterocycles. The van der Waals surface area contributed by atoms with Crippen molar-refractivity contribution in [1.29, 1.82) is 0 Å². The van der Waals surface area contributed by atoms with Crippen LogP contribution in [0.3, 0.4) is 0 Å². The average Bonchev–Trinajstić information content (AvgIpc) is 3.09. The molecule has 1 aromatic carbocycles. The number of hydrogen-bond donors (Lipinski definition) is 2. The fourth-order valence-electron chi connectivity index (χ4n) is 2.94. The first kappa shape index (κ1) is 22.5. The summed E-state index contributed by atoms with van der Waals surface area (Å²) in [5, 5.41) is 6.57. The van der Waals surface area contributed by atoms with Crippen molar-refractivity contribution >= 4 is 73.9 Å². The lowest BCUT2D eigenvalue weighted by Gasteiger charge is -2.15. The lowest BCUT2D eigenvalue weighted by molar-refractivity contribution is -0.117. The molecule has 0 spiro atoms. The molecule has 1 aliphatic heterocycles. The van der Waals surface area contributed by atoms with Crippen LogP contribution in [0, 0.1) is 0 Å². The second-order valence-electron chi connectivity index (χ2n) is 6.63. The van der Waals surface area contributed by atoms with Crippen LogP contribution >= 0.6 is 39.7 Å². The average molecular weight is 513 g/mol. The third kappa shape index (κ3) is 5.68. The van der Waals surface area contributed by atoms with Crippen molar-refractivity contribution in [2.24, 2.45) is 0 Å². The minimum atomic E-state index is -0.497. The lowest BCUT2D eigenvalue weighted by Crippen LogP contribution is -2.36. The maximum Gasteiger partial charge on any atom is 0.414 e. The van der Waals surface area contributed by atoms with Crippen molar-refractivity contribution in [1.82, 2.24) is 5.32 Å². The Hall–Kier alpha value is -2.23. The molecule has 2 N–H and O–H groups in total. The van der Waals surface area contributed by atoms with Crippen molar-refractivity contribution in [2.75, 3.05) is 28.6 Å². The number of halogens is 2. The van der Waals surface area contributed by atoms with Gasteiger partial charge in [-0.15, -0.1) is 0 Å². The normalized spacial score (nSPS) is 18.5. The predicted octanol–water partition coefficient (Wildman–Crippen LogP) is 3.67. The molecule has 3 rings (SSSR count). The third-order valence-electron chi connectivity index (χ3n) is 4.46. The SMILES string of the molecule is O=C(CCBr)Nc1ccc(N2C[C@H](CNC(=O)C3=CC(Cl)=CCC3=S)OC2=O)cc1. The highest BCUT2D eigenvalue weighted by molar-refractivity contribution is 9.09. The largest absolute Gasteiger partial charge is 0.442 e. The Morgan fingerprint density at radius 1 is 1.30 bits per heavy atom. The van der Waals surface area contributed by atoms with Gasteiger partial charge in [0.25, 0.3) is 5.91 Å². The van der Waals surface area contributed by atoms with Crippen LogP contribution in [-0.2, 0) is 14.3 Å². The van der Waals surface area contributed by atoms with Gasteiger partial charge in [-0.1, -0.05) is 45.8 Å². The number of carbonyl (C=O) groups is 3. The van der Waals surface area contributed by atoms with Crippen molar-refractivity contribution < 1.29 is 19.1 Å². The molecule has 1 aromatic rings. The first-order valence-corrected chi connectivity index (χ1v) is 11.1. The van der Waals surface area contributed by atoms with Crippen LogP contribution in [0.5, 0.6) is 0 Å². The summed E-state index contributed by atoms with van der Waals surface area (Å²) in [7, 11) is 0. The number of anilines is 2. The Balaban J connectivity index is 1.55. The second-order valence-corrected chi connectivity index (χ2v) is 8.36. The van der Waals surface area contributed by atoms with Gasteiger partial charge in [0.15, 0.2) is 0 Å². The number of cyclic esters (lactones) is 1. The van der Waals surface area contributed by atoms with Crippen LogP contribution in [0.4, 0.5) is 16.2 Å². The van der Waals surface area contributed by atoms with Gasteiger partial charge in [0.1, 0.15) is 6.10 Å². The van der Waals surface area contributed by atoms with E-state index in [1.54, 1.807) is 30.3 Å². The van der Waals surface area contributed by atoms with Gasteiger partial charge in [0, 0.05) is 39.4 Å². The van der Waals surface area contributed by atoms with Crippen molar-refractivity contribution in [2.45, 2.75) is 18.9 Å². The van der Waals surface area contributed by atoms with Gasteiger partial charge in [0.05, 0.1) is 18.7 Å². The molecule has 10 heteroatoms. The van der Waals surface area contributed by atoms with Crippen molar-refractivity contribution in [3.63, 3.8) is 0 Å². The van der Waals surface area contributed by atoms with Crippen LogP contribution in [0.1, 0.15) is 12.8 Å². The molecule has 0 bridgehead atoms. The first-order valence-electron chi connectivity index (χ1n) is 9.20. The molecule has 30 heavy (non-hydrogen) atoms. The van der Waals surface area contributed by atoms with E-state index in [-0.39, 0.29) is 18.4 Å². The third-order valence-corrected chi connectivity index (χ3v) is 5.50. The maximum absolute atomic E-state index is 12.4. The van der Waals surface area contributed by atoms with Crippen molar-refractivity contribution in [3.05, 3.63) is 47.0 Å². The molecule has 0 radical (unpaired) electrons. The molecular formula is C20H19BrClN3O4S. The minimum Gasteiger partial charge on any atom is -0.442 e. The molecule has 1 fully saturated rings. The predicted molar refractivity (Wildman–Crippen MR) is 123 cm³/mol. The number of alkyl halides is 1. The minimum absolute atomic E-state index is 0.0969. The quantitative estimate of drug-likeness (QED) is 0.430. The summed E-state index contributed by atoms with van der Waals surface area (Å²) in [6.07, 6.45) is 3.11. The number of nitrogens with zero attached hydrogens (tertiary/aromatic N) is 1. The molecule has 1 aliphatic carbocycles. The molecular weight excluding hydrogens is 494 g/mol. The Kier molecular flexibility index (Phi) is 7.63. The van der Waals surface area contributed by atoms with Crippen LogP contribution < -0.4 is 15.5 Å². The molecule has 7 nitrogen and oxygen atoms in total. The highest BCUT2D eigenvalue weighted by Crippen LogP contribution is 2.24. The fraction of sp³-hybridized carbons (Fsp3) is 0.300. The molecule has 158 valence electrons. The topological polar surface area (TPSA) is 87.7 Å². The van der Waals surface area contributed by atoms with E-state index in [1.165, 1.54) is 11.0 Å². The van der Waals surface area contributed by atoms with E-state index in [0.717, 1.165) is 0 Å². The van der Waals surface area contributed by atoms with E-state index >= 15 is 0 Å². The van der Waals surface area contributed by atoms with E-state index < -0.39 is 12.2 Å². The summed E-state index contributed by atoms with van der Waals surface area (Å²) >= 11 is 14.4. The summed E-state index contributed by atoms with van der Waals surface area (Å²) in [6, 6.07) is 6.90. The Bertz CT molecular complexity index is 932. The summed E-state index contributed by atoms with van der Waals surface area (Å²) in [6.45, 7) is 0.446. The summed E-state index contributed by atoms with van der Waals surface area (Å²) in [5.41, 5.74) is 1.64. The van der Waals surface area contributed by atoms with Gasteiger partial charge in [0.2, 0.25) is 5.91 Å². The van der Waals surface area contributed by atoms with Crippen LogP contribution in [0.15, 0.2) is 47.0 Å². The summed E-state index contributed by atoms with van der Waals surface area (Å²) in [5.74, 6) is -0.440. The zero-order valence-corrected chi connectivity index (χ0v) is 19.0. The van der Waals surface area contributed by atoms with Crippen LogP contribution in [-0.4, -0.2) is 47.3 Å². The first-order chi connectivity index (χ1) is 14.4. The molecule has 1 atom stereocenters. The Morgan fingerprint density at radius 2 is 2.03 bits per heavy atom. The number of amides is 3. The number of rotatable bonds is 7.